The Kier molecular flexibility index (Phi) is 5.57. The van der Waals surface area contributed by atoms with Crippen molar-refractivity contribution in [2.24, 2.45) is 0 Å². The van der Waals surface area contributed by atoms with Gasteiger partial charge in [-0.3, -0.25) is 0 Å². The highest BCUT2D eigenvalue weighted by atomic mass is 32.1. The highest BCUT2D eigenvalue weighted by Crippen LogP contribution is 2.43. The summed E-state index contributed by atoms with van der Waals surface area (Å²) in [5.41, 5.74) is 9.70. The molecule has 11 aromatic rings. The first-order chi connectivity index (χ1) is 24.3. The Labute approximate surface area is 286 Å². The number of hydrogen-bond acceptors (Lipinski definition) is 1. The summed E-state index contributed by atoms with van der Waals surface area (Å²) < 4.78 is 7.56. The van der Waals surface area contributed by atoms with Crippen LogP contribution in [-0.4, -0.2) is 9.13 Å². The molecule has 0 amide bonds. The molecule has 0 aliphatic rings. The normalized spacial score (nSPS) is 12.1. The Bertz CT molecular complexity index is 3090. The fourth-order valence-corrected chi connectivity index (χ4v) is 9.38. The van der Waals surface area contributed by atoms with Crippen LogP contribution in [0.4, 0.5) is 0 Å². The van der Waals surface area contributed by atoms with Gasteiger partial charge in [-0.05, 0) is 76.5 Å². The fourth-order valence-electron chi connectivity index (χ4n) is 8.15. The van der Waals surface area contributed by atoms with Gasteiger partial charge >= 0.3 is 0 Å². The monoisotopic (exact) mass is 640 g/mol. The number of benzene rings is 8. The zero-order valence-corrected chi connectivity index (χ0v) is 27.3. The molecule has 49 heavy (non-hydrogen) atoms. The number of hydrogen-bond donors (Lipinski definition) is 0. The van der Waals surface area contributed by atoms with E-state index >= 15 is 0 Å². The van der Waals surface area contributed by atoms with Gasteiger partial charge in [0.25, 0.3) is 0 Å². The third kappa shape index (κ3) is 3.82. The second kappa shape index (κ2) is 10.2. The lowest BCUT2D eigenvalue weighted by atomic mass is 10.0. The second-order valence-corrected chi connectivity index (χ2v) is 14.0. The zero-order chi connectivity index (χ0) is 32.1. The van der Waals surface area contributed by atoms with E-state index in [4.69, 9.17) is 0 Å². The van der Waals surface area contributed by atoms with Crippen molar-refractivity contribution in [1.29, 1.82) is 0 Å². The Morgan fingerprint density at radius 3 is 1.92 bits per heavy atom. The molecular weight excluding hydrogens is 613 g/mol. The lowest BCUT2D eigenvalue weighted by Gasteiger charge is -2.11. The average molecular weight is 641 g/mol. The van der Waals surface area contributed by atoms with Gasteiger partial charge < -0.3 is 9.13 Å². The molecule has 0 spiro atoms. The minimum Gasteiger partial charge on any atom is -0.309 e. The summed E-state index contributed by atoms with van der Waals surface area (Å²) in [5.74, 6) is 0. The van der Waals surface area contributed by atoms with E-state index in [2.05, 4.69) is 179 Å². The molecule has 0 fully saturated rings. The molecule has 0 aliphatic heterocycles. The molecule has 11 rings (SSSR count). The smallest absolute Gasteiger partial charge is 0.0562 e. The average Bonchev–Trinajstić information content (AvgIpc) is 3.82. The molecule has 0 unspecified atom stereocenters. The van der Waals surface area contributed by atoms with E-state index in [0.717, 1.165) is 5.69 Å². The number of aromatic nitrogens is 2. The largest absolute Gasteiger partial charge is 0.309 e. The van der Waals surface area contributed by atoms with Crippen molar-refractivity contribution in [1.82, 2.24) is 9.13 Å². The summed E-state index contributed by atoms with van der Waals surface area (Å²) in [4.78, 5) is 0. The van der Waals surface area contributed by atoms with Crippen LogP contribution in [0.2, 0.25) is 0 Å². The predicted molar refractivity (Wildman–Crippen MR) is 211 cm³/mol. The third-order valence-electron chi connectivity index (χ3n) is 10.3. The first kappa shape index (κ1) is 26.9. The predicted octanol–water partition coefficient (Wildman–Crippen LogP) is 13.1. The number of fused-ring (bicyclic) bond motifs is 11. The molecule has 0 bridgehead atoms. The maximum Gasteiger partial charge on any atom is 0.0562 e. The van der Waals surface area contributed by atoms with Gasteiger partial charge in [0, 0.05) is 53.1 Å². The van der Waals surface area contributed by atoms with Gasteiger partial charge in [0.2, 0.25) is 0 Å². The highest BCUT2D eigenvalue weighted by molar-refractivity contribution is 7.26. The van der Waals surface area contributed by atoms with Crippen LogP contribution in [0, 0.1) is 0 Å². The van der Waals surface area contributed by atoms with E-state index < -0.39 is 0 Å². The van der Waals surface area contributed by atoms with Crippen molar-refractivity contribution in [3.8, 4) is 22.5 Å². The summed E-state index contributed by atoms with van der Waals surface area (Å²) in [6, 6.07) is 62.4. The van der Waals surface area contributed by atoms with E-state index in [1.54, 1.807) is 0 Å². The molecule has 0 atom stereocenters. The minimum absolute atomic E-state index is 1.16. The Hall–Kier alpha value is -6.16. The van der Waals surface area contributed by atoms with Crippen LogP contribution >= 0.6 is 11.3 Å². The van der Waals surface area contributed by atoms with Crippen molar-refractivity contribution >= 4 is 85.9 Å². The summed E-state index contributed by atoms with van der Waals surface area (Å²) in [6.45, 7) is 0. The minimum atomic E-state index is 1.16. The van der Waals surface area contributed by atoms with E-state index in [1.165, 1.54) is 91.4 Å². The van der Waals surface area contributed by atoms with Crippen LogP contribution in [0.5, 0.6) is 0 Å². The molecule has 228 valence electrons. The quantitative estimate of drug-likeness (QED) is 0.182. The molecule has 2 nitrogen and oxygen atoms in total. The molecule has 3 heteroatoms. The number of rotatable bonds is 3. The van der Waals surface area contributed by atoms with Crippen molar-refractivity contribution in [2.75, 3.05) is 0 Å². The topological polar surface area (TPSA) is 9.86 Å². The molecule has 3 aromatic heterocycles. The summed E-state index contributed by atoms with van der Waals surface area (Å²) in [7, 11) is 0. The molecule has 3 heterocycles. The molecule has 0 radical (unpaired) electrons. The second-order valence-electron chi connectivity index (χ2n) is 12.9. The van der Waals surface area contributed by atoms with Crippen molar-refractivity contribution in [3.63, 3.8) is 0 Å². The molecule has 0 saturated carbocycles. The van der Waals surface area contributed by atoms with Gasteiger partial charge in [0.1, 0.15) is 0 Å². The molecule has 0 saturated heterocycles. The lowest BCUT2D eigenvalue weighted by molar-refractivity contribution is 1.16. The van der Waals surface area contributed by atoms with E-state index in [-0.39, 0.29) is 0 Å². The van der Waals surface area contributed by atoms with Gasteiger partial charge in [-0.1, -0.05) is 115 Å². The maximum atomic E-state index is 2.47. The number of thiophene rings is 1. The van der Waals surface area contributed by atoms with Crippen molar-refractivity contribution in [3.05, 3.63) is 170 Å². The van der Waals surface area contributed by atoms with Crippen LogP contribution in [0.1, 0.15) is 0 Å². The Morgan fingerprint density at radius 2 is 1.04 bits per heavy atom. The number of nitrogens with zero attached hydrogens (tertiary/aromatic N) is 2. The van der Waals surface area contributed by atoms with E-state index in [9.17, 15) is 0 Å². The summed E-state index contributed by atoms with van der Waals surface area (Å²) in [5, 5.41) is 10.3. The lowest BCUT2D eigenvalue weighted by Crippen LogP contribution is -1.96. The van der Waals surface area contributed by atoms with Crippen LogP contribution in [0.15, 0.2) is 170 Å². The van der Waals surface area contributed by atoms with Crippen LogP contribution in [-0.2, 0) is 0 Å². The molecule has 8 aromatic carbocycles. The van der Waals surface area contributed by atoms with Gasteiger partial charge in [-0.25, -0.2) is 0 Å². The van der Waals surface area contributed by atoms with Crippen LogP contribution < -0.4 is 0 Å². The van der Waals surface area contributed by atoms with Gasteiger partial charge in [0.15, 0.2) is 0 Å². The highest BCUT2D eigenvalue weighted by Gasteiger charge is 2.20. The fraction of sp³-hybridized carbons (Fsp3) is 0. The van der Waals surface area contributed by atoms with Gasteiger partial charge in [-0.15, -0.1) is 11.3 Å². The van der Waals surface area contributed by atoms with E-state index in [1.807, 2.05) is 11.3 Å². The van der Waals surface area contributed by atoms with Crippen LogP contribution in [0.25, 0.3) is 97.1 Å². The molecule has 0 N–H and O–H groups in total. The molecule has 0 aliphatic carbocycles. The third-order valence-corrected chi connectivity index (χ3v) is 11.5. The van der Waals surface area contributed by atoms with Crippen LogP contribution in [0.3, 0.4) is 0 Å². The Balaban J connectivity index is 1.20. The van der Waals surface area contributed by atoms with Crippen molar-refractivity contribution in [2.45, 2.75) is 0 Å². The first-order valence-corrected chi connectivity index (χ1v) is 17.6. The Morgan fingerprint density at radius 1 is 0.367 bits per heavy atom. The SMILES string of the molecule is c1ccc(-n2c3ccccc3c3cc4c5c6ccccc6ccc5n(-c5ccc(-c6cccc7c6sc6ccccc67)cc5)c4cc32)cc1. The number of para-hydroxylation sites is 2. The van der Waals surface area contributed by atoms with Gasteiger partial charge in [0.05, 0.1) is 22.1 Å². The van der Waals surface area contributed by atoms with Gasteiger partial charge in [-0.2, -0.15) is 0 Å². The van der Waals surface area contributed by atoms with Crippen molar-refractivity contribution < 1.29 is 0 Å². The van der Waals surface area contributed by atoms with E-state index in [0.29, 0.717) is 0 Å². The standard InChI is InChI=1S/C46H28N2S/c1-2-12-31(13-3-1)47-40-19-8-6-15-35(40)38-27-39-43(28-42(38)47)48(41-26-23-29-11-4-5-14-33(29)45(39)41)32-24-21-30(22-25-32)34-17-10-18-37-36-16-7-9-20-44(36)49-46(34)37/h1-28H. The zero-order valence-electron chi connectivity index (χ0n) is 26.5. The molecular formula is C46H28N2S. The summed E-state index contributed by atoms with van der Waals surface area (Å²) in [6.07, 6.45) is 0. The maximum absolute atomic E-state index is 2.47. The summed E-state index contributed by atoms with van der Waals surface area (Å²) >= 11 is 1.88. The first-order valence-electron chi connectivity index (χ1n) is 16.8.